The summed E-state index contributed by atoms with van der Waals surface area (Å²) in [5.41, 5.74) is 2.96. The van der Waals surface area contributed by atoms with E-state index in [9.17, 15) is 18.0 Å². The van der Waals surface area contributed by atoms with E-state index in [0.29, 0.717) is 28.1 Å². The lowest BCUT2D eigenvalue weighted by Gasteiger charge is -2.14. The van der Waals surface area contributed by atoms with Crippen molar-refractivity contribution < 1.29 is 22.7 Å². The molecule has 32 heavy (non-hydrogen) atoms. The van der Waals surface area contributed by atoms with Crippen LogP contribution in [0.2, 0.25) is 0 Å². The number of hydrogen-bond acceptors (Lipinski definition) is 5. The minimum Gasteiger partial charge on any atom is -0.462 e. The van der Waals surface area contributed by atoms with Gasteiger partial charge in [-0.25, -0.2) is 13.2 Å². The van der Waals surface area contributed by atoms with Crippen molar-refractivity contribution in [2.75, 3.05) is 16.6 Å². The first-order valence-electron chi connectivity index (χ1n) is 9.99. The Morgan fingerprint density at radius 3 is 2.19 bits per heavy atom. The van der Waals surface area contributed by atoms with Gasteiger partial charge in [-0.3, -0.25) is 9.52 Å². The highest BCUT2D eigenvalue weighted by molar-refractivity contribution is 7.92. The Kier molecular flexibility index (Phi) is 6.95. The van der Waals surface area contributed by atoms with E-state index in [0.717, 1.165) is 5.56 Å². The first-order chi connectivity index (χ1) is 15.2. The summed E-state index contributed by atoms with van der Waals surface area (Å²) in [5.74, 6) is -0.836. The van der Waals surface area contributed by atoms with E-state index in [1.54, 1.807) is 68.4 Å². The summed E-state index contributed by atoms with van der Waals surface area (Å²) in [5, 5.41) is 2.76. The SMILES string of the molecule is CCOC(=O)c1ccc(NC(=O)c2cccc(NS(=O)(=O)c3ccc(C)cc3)c2C)cc1. The van der Waals surface area contributed by atoms with Crippen LogP contribution in [-0.2, 0) is 14.8 Å². The molecule has 0 aliphatic heterocycles. The van der Waals surface area contributed by atoms with Gasteiger partial charge in [-0.2, -0.15) is 0 Å². The quantitative estimate of drug-likeness (QED) is 0.513. The zero-order valence-electron chi connectivity index (χ0n) is 18.0. The first-order valence-corrected chi connectivity index (χ1v) is 11.5. The molecular formula is C24H24N2O5S. The Labute approximate surface area is 187 Å². The van der Waals surface area contributed by atoms with E-state index in [-0.39, 0.29) is 11.5 Å². The number of amides is 1. The minimum absolute atomic E-state index is 0.138. The van der Waals surface area contributed by atoms with E-state index in [4.69, 9.17) is 4.74 Å². The fourth-order valence-corrected chi connectivity index (χ4v) is 4.14. The Morgan fingerprint density at radius 2 is 1.56 bits per heavy atom. The number of benzene rings is 3. The number of carbonyl (C=O) groups excluding carboxylic acids is 2. The average Bonchev–Trinajstić information content (AvgIpc) is 2.76. The van der Waals surface area contributed by atoms with Gasteiger partial charge in [0.1, 0.15) is 0 Å². The summed E-state index contributed by atoms with van der Waals surface area (Å²) in [6.07, 6.45) is 0. The first kappa shape index (κ1) is 23.0. The van der Waals surface area contributed by atoms with Crippen molar-refractivity contribution in [3.8, 4) is 0 Å². The number of carbonyl (C=O) groups is 2. The van der Waals surface area contributed by atoms with Crippen LogP contribution >= 0.6 is 0 Å². The molecule has 0 spiro atoms. The van der Waals surface area contributed by atoms with Crippen molar-refractivity contribution >= 4 is 33.3 Å². The molecule has 0 aromatic heterocycles. The molecule has 0 unspecified atom stereocenters. The normalized spacial score (nSPS) is 11.0. The molecule has 0 saturated heterocycles. The molecule has 7 nitrogen and oxygen atoms in total. The van der Waals surface area contributed by atoms with Gasteiger partial charge in [-0.15, -0.1) is 0 Å². The fourth-order valence-electron chi connectivity index (χ4n) is 3.02. The highest BCUT2D eigenvalue weighted by atomic mass is 32.2. The van der Waals surface area contributed by atoms with Crippen LogP contribution in [0.4, 0.5) is 11.4 Å². The standard InChI is InChI=1S/C24H24N2O5S/c1-4-31-24(28)18-10-12-19(13-11-18)25-23(27)21-6-5-7-22(17(21)3)26-32(29,30)20-14-8-16(2)9-15-20/h5-15,26H,4H2,1-3H3,(H,25,27). The number of sulfonamides is 1. The number of anilines is 2. The number of nitrogens with one attached hydrogen (secondary N) is 2. The van der Waals surface area contributed by atoms with E-state index in [2.05, 4.69) is 10.0 Å². The summed E-state index contributed by atoms with van der Waals surface area (Å²) >= 11 is 0. The van der Waals surface area contributed by atoms with Gasteiger partial charge in [-0.05, 0) is 74.9 Å². The molecule has 8 heteroatoms. The zero-order valence-corrected chi connectivity index (χ0v) is 18.8. The Hall–Kier alpha value is -3.65. The maximum absolute atomic E-state index is 12.8. The van der Waals surface area contributed by atoms with Crippen molar-refractivity contribution in [2.24, 2.45) is 0 Å². The van der Waals surface area contributed by atoms with Crippen LogP contribution in [0, 0.1) is 13.8 Å². The molecule has 3 rings (SSSR count). The third-order valence-electron chi connectivity index (χ3n) is 4.81. The number of hydrogen-bond donors (Lipinski definition) is 2. The van der Waals surface area contributed by atoms with Crippen LogP contribution in [-0.4, -0.2) is 26.9 Å². The van der Waals surface area contributed by atoms with Crippen molar-refractivity contribution in [1.29, 1.82) is 0 Å². The predicted molar refractivity (Wildman–Crippen MR) is 124 cm³/mol. The summed E-state index contributed by atoms with van der Waals surface area (Å²) in [7, 11) is -3.80. The van der Waals surface area contributed by atoms with Crippen LogP contribution in [0.3, 0.4) is 0 Å². The largest absolute Gasteiger partial charge is 0.462 e. The summed E-state index contributed by atoms with van der Waals surface area (Å²) in [6, 6.07) is 17.7. The van der Waals surface area contributed by atoms with Crippen molar-refractivity contribution in [3.63, 3.8) is 0 Å². The van der Waals surface area contributed by atoms with Crippen LogP contribution in [0.5, 0.6) is 0 Å². The Bertz CT molecular complexity index is 1230. The molecular weight excluding hydrogens is 428 g/mol. The highest BCUT2D eigenvalue weighted by Gasteiger charge is 2.18. The van der Waals surface area contributed by atoms with Gasteiger partial charge in [0.2, 0.25) is 0 Å². The van der Waals surface area contributed by atoms with Crippen LogP contribution in [0.1, 0.15) is 38.8 Å². The summed E-state index contributed by atoms with van der Waals surface area (Å²) in [4.78, 5) is 24.7. The second kappa shape index (κ2) is 9.65. The van der Waals surface area contributed by atoms with E-state index in [1.165, 1.54) is 12.1 Å². The molecule has 3 aromatic rings. The van der Waals surface area contributed by atoms with Gasteiger partial charge in [0.25, 0.3) is 15.9 Å². The number of ether oxygens (including phenoxy) is 1. The molecule has 0 heterocycles. The van der Waals surface area contributed by atoms with Crippen LogP contribution < -0.4 is 10.0 Å². The summed E-state index contributed by atoms with van der Waals surface area (Å²) < 4.78 is 32.9. The predicted octanol–water partition coefficient (Wildman–Crippen LogP) is 4.53. The molecule has 0 fully saturated rings. The van der Waals surface area contributed by atoms with Gasteiger partial charge in [0.15, 0.2) is 0 Å². The number of esters is 1. The topological polar surface area (TPSA) is 102 Å². The molecule has 2 N–H and O–H groups in total. The molecule has 0 aliphatic carbocycles. The summed E-state index contributed by atoms with van der Waals surface area (Å²) in [6.45, 7) is 5.55. The van der Waals surface area contributed by atoms with E-state index < -0.39 is 21.9 Å². The lowest BCUT2D eigenvalue weighted by Crippen LogP contribution is -2.17. The second-order valence-corrected chi connectivity index (χ2v) is 8.83. The monoisotopic (exact) mass is 452 g/mol. The molecule has 0 atom stereocenters. The smallest absolute Gasteiger partial charge is 0.338 e. The number of aryl methyl sites for hydroxylation is 1. The number of rotatable bonds is 7. The van der Waals surface area contributed by atoms with Gasteiger partial charge >= 0.3 is 5.97 Å². The lowest BCUT2D eigenvalue weighted by molar-refractivity contribution is 0.0526. The molecule has 1 amide bonds. The molecule has 0 radical (unpaired) electrons. The third kappa shape index (κ3) is 5.33. The van der Waals surface area contributed by atoms with Crippen molar-refractivity contribution in [1.82, 2.24) is 0 Å². The minimum atomic E-state index is -3.80. The van der Waals surface area contributed by atoms with Crippen LogP contribution in [0.15, 0.2) is 71.6 Å². The molecule has 166 valence electrons. The van der Waals surface area contributed by atoms with Crippen molar-refractivity contribution in [3.05, 3.63) is 89.0 Å². The Morgan fingerprint density at radius 1 is 0.906 bits per heavy atom. The maximum atomic E-state index is 12.8. The zero-order chi connectivity index (χ0) is 23.3. The van der Waals surface area contributed by atoms with E-state index in [1.807, 2.05) is 6.92 Å². The van der Waals surface area contributed by atoms with Gasteiger partial charge < -0.3 is 10.1 Å². The molecule has 0 bridgehead atoms. The van der Waals surface area contributed by atoms with Gasteiger partial charge in [0.05, 0.1) is 22.8 Å². The molecule has 3 aromatic carbocycles. The fraction of sp³-hybridized carbons (Fsp3) is 0.167. The maximum Gasteiger partial charge on any atom is 0.338 e. The second-order valence-electron chi connectivity index (χ2n) is 7.15. The molecule has 0 saturated carbocycles. The average molecular weight is 453 g/mol. The molecule has 0 aliphatic rings. The lowest BCUT2D eigenvalue weighted by atomic mass is 10.1. The van der Waals surface area contributed by atoms with E-state index >= 15 is 0 Å². The van der Waals surface area contributed by atoms with Gasteiger partial charge in [0, 0.05) is 11.3 Å². The third-order valence-corrected chi connectivity index (χ3v) is 6.19. The highest BCUT2D eigenvalue weighted by Crippen LogP contribution is 2.24. The van der Waals surface area contributed by atoms with Crippen LogP contribution in [0.25, 0.3) is 0 Å². The van der Waals surface area contributed by atoms with Gasteiger partial charge in [-0.1, -0.05) is 23.8 Å². The van der Waals surface area contributed by atoms with Crippen molar-refractivity contribution in [2.45, 2.75) is 25.7 Å². The Balaban J connectivity index is 1.78.